The highest BCUT2D eigenvalue weighted by Gasteiger charge is 2.28. The lowest BCUT2D eigenvalue weighted by molar-refractivity contribution is 0.648. The highest BCUT2D eigenvalue weighted by Crippen LogP contribution is 2.51. The molecule has 17 heavy (non-hydrogen) atoms. The van der Waals surface area contributed by atoms with E-state index in [1.54, 1.807) is 0 Å². The lowest BCUT2D eigenvalue weighted by Gasteiger charge is -2.04. The van der Waals surface area contributed by atoms with Crippen molar-refractivity contribution in [3.05, 3.63) is 47.5 Å². The number of hydrogen-bond acceptors (Lipinski definition) is 1. The first-order valence-corrected chi connectivity index (χ1v) is 5.22. The van der Waals surface area contributed by atoms with Gasteiger partial charge in [-0.3, -0.25) is 0 Å². The van der Waals surface area contributed by atoms with E-state index >= 15 is 0 Å². The molecule has 0 saturated heterocycles. The van der Waals surface area contributed by atoms with Gasteiger partial charge in [-0.1, -0.05) is 42.2 Å². The predicted molar refractivity (Wildman–Crippen MR) is 67.8 cm³/mol. The van der Waals surface area contributed by atoms with Crippen LogP contribution < -0.4 is 4.74 Å². The minimum absolute atomic E-state index is 0.684. The van der Waals surface area contributed by atoms with Crippen LogP contribution in [0.1, 0.15) is 11.1 Å². The Balaban J connectivity index is 2.31. The zero-order chi connectivity index (χ0) is 11.8. The molecule has 0 unspecified atom stereocenters. The number of fused-ring (bicyclic) bond motifs is 1. The van der Waals surface area contributed by atoms with Crippen LogP contribution in [0.15, 0.2) is 36.4 Å². The molecule has 1 aliphatic heterocycles. The summed E-state index contributed by atoms with van der Waals surface area (Å²) < 4.78 is 5.33. The van der Waals surface area contributed by atoms with Crippen molar-refractivity contribution in [1.29, 1.82) is 0 Å². The van der Waals surface area contributed by atoms with E-state index in [1.807, 2.05) is 36.4 Å². The summed E-state index contributed by atoms with van der Waals surface area (Å²) >= 11 is 0. The van der Waals surface area contributed by atoms with Crippen LogP contribution in [-0.2, 0) is 0 Å². The second kappa shape index (κ2) is 3.44. The van der Waals surface area contributed by atoms with Gasteiger partial charge in [-0.15, -0.1) is 12.8 Å². The highest BCUT2D eigenvalue weighted by atomic mass is 16.6. The number of ether oxygens (including phenoxy) is 1. The van der Waals surface area contributed by atoms with Gasteiger partial charge in [-0.25, -0.2) is 0 Å². The van der Waals surface area contributed by atoms with E-state index in [2.05, 4.69) is 11.8 Å². The first-order chi connectivity index (χ1) is 8.35. The summed E-state index contributed by atoms with van der Waals surface area (Å²) in [6.45, 7) is 0. The van der Waals surface area contributed by atoms with Crippen LogP contribution in [0.5, 0.6) is 11.5 Å². The van der Waals surface area contributed by atoms with E-state index in [0.717, 1.165) is 28.2 Å². The molecular formula is C16H8O. The van der Waals surface area contributed by atoms with E-state index in [-0.39, 0.29) is 0 Å². The lowest BCUT2D eigenvalue weighted by atomic mass is 9.96. The van der Waals surface area contributed by atoms with Crippen LogP contribution in [0.4, 0.5) is 0 Å². The molecule has 0 amide bonds. The topological polar surface area (TPSA) is 12.5 Å². The molecule has 0 saturated carbocycles. The summed E-state index contributed by atoms with van der Waals surface area (Å²) in [7, 11) is 0. The van der Waals surface area contributed by atoms with E-state index < -0.39 is 0 Å². The molecule has 1 nitrogen and oxygen atoms in total. The van der Waals surface area contributed by atoms with E-state index in [1.165, 1.54) is 0 Å². The van der Waals surface area contributed by atoms with Crippen LogP contribution in [0.25, 0.3) is 11.1 Å². The maximum atomic E-state index is 5.56. The molecule has 0 bridgehead atoms. The van der Waals surface area contributed by atoms with Gasteiger partial charge >= 0.3 is 0 Å². The molecule has 3 rings (SSSR count). The van der Waals surface area contributed by atoms with Gasteiger partial charge in [0, 0.05) is 5.56 Å². The zero-order valence-electron chi connectivity index (χ0n) is 9.03. The largest absolute Gasteiger partial charge is 0.448 e. The van der Waals surface area contributed by atoms with Gasteiger partial charge in [-0.2, -0.15) is 0 Å². The molecule has 0 fully saturated rings. The third kappa shape index (κ3) is 1.38. The number of hydrogen-bond donors (Lipinski definition) is 0. The Bertz CT molecular complexity index is 682. The molecule has 2 aromatic carbocycles. The van der Waals surface area contributed by atoms with Crippen molar-refractivity contribution in [2.75, 3.05) is 0 Å². The molecule has 1 heteroatoms. The summed E-state index contributed by atoms with van der Waals surface area (Å²) in [6, 6.07) is 11.9. The normalized spacial score (nSPS) is 10.7. The van der Waals surface area contributed by atoms with Gasteiger partial charge in [0.25, 0.3) is 0 Å². The monoisotopic (exact) mass is 216 g/mol. The van der Waals surface area contributed by atoms with Gasteiger partial charge in [0.15, 0.2) is 11.5 Å². The quantitative estimate of drug-likeness (QED) is 0.448. The van der Waals surface area contributed by atoms with Crippen molar-refractivity contribution in [2.24, 2.45) is 0 Å². The van der Waals surface area contributed by atoms with Crippen molar-refractivity contribution in [3.63, 3.8) is 0 Å². The number of benzene rings is 2. The average Bonchev–Trinajstić information content (AvgIpc) is 3.16. The SMILES string of the molecule is C#Cc1c(-c2ccccc2)cc2c(c1C#C)O2. The molecule has 0 atom stereocenters. The Morgan fingerprint density at radius 3 is 2.29 bits per heavy atom. The first kappa shape index (κ1) is 9.58. The second-order valence-electron chi connectivity index (χ2n) is 3.76. The lowest BCUT2D eigenvalue weighted by Crippen LogP contribution is -1.86. The standard InChI is InChI=1S/C16H8O/c1-3-12-13(4-2)16-15(17-16)10-14(12)11-8-6-5-7-9-11/h1-2,5-10H. The molecular weight excluding hydrogens is 208 g/mol. The van der Waals surface area contributed by atoms with Crippen molar-refractivity contribution < 1.29 is 4.74 Å². The van der Waals surface area contributed by atoms with Crippen LogP contribution in [-0.4, -0.2) is 0 Å². The molecule has 0 aromatic heterocycles. The van der Waals surface area contributed by atoms with Gasteiger partial charge in [0.2, 0.25) is 0 Å². The van der Waals surface area contributed by atoms with E-state index in [9.17, 15) is 0 Å². The Kier molecular flexibility index (Phi) is 1.94. The molecule has 0 aliphatic carbocycles. The third-order valence-electron chi connectivity index (χ3n) is 2.79. The molecule has 0 spiro atoms. The van der Waals surface area contributed by atoms with Crippen molar-refractivity contribution in [1.82, 2.24) is 0 Å². The fourth-order valence-electron chi connectivity index (χ4n) is 1.94. The first-order valence-electron chi connectivity index (χ1n) is 5.22. The maximum absolute atomic E-state index is 5.56. The number of rotatable bonds is 1. The van der Waals surface area contributed by atoms with Crippen LogP contribution in [0, 0.1) is 24.7 Å². The highest BCUT2D eigenvalue weighted by molar-refractivity contribution is 5.83. The summed E-state index contributed by atoms with van der Waals surface area (Å²) in [5.41, 5.74) is 3.42. The summed E-state index contributed by atoms with van der Waals surface area (Å²) in [4.78, 5) is 0. The molecule has 0 radical (unpaired) electrons. The van der Waals surface area contributed by atoms with Gasteiger partial charge in [0.05, 0.1) is 11.1 Å². The van der Waals surface area contributed by atoms with Crippen LogP contribution in [0.2, 0.25) is 0 Å². The summed E-state index contributed by atoms with van der Waals surface area (Å²) in [5.74, 6) is 6.85. The minimum atomic E-state index is 0.684. The Hall–Kier alpha value is -2.64. The third-order valence-corrected chi connectivity index (χ3v) is 2.79. The zero-order valence-corrected chi connectivity index (χ0v) is 9.03. The molecule has 0 N–H and O–H groups in total. The summed E-state index contributed by atoms with van der Waals surface area (Å²) in [6.07, 6.45) is 11.0. The van der Waals surface area contributed by atoms with E-state index in [4.69, 9.17) is 17.6 Å². The Morgan fingerprint density at radius 1 is 0.941 bits per heavy atom. The second-order valence-corrected chi connectivity index (χ2v) is 3.76. The molecule has 78 valence electrons. The van der Waals surface area contributed by atoms with Gasteiger partial charge in [-0.05, 0) is 11.6 Å². The smallest absolute Gasteiger partial charge is 0.187 e. The van der Waals surface area contributed by atoms with E-state index in [0.29, 0.717) is 5.56 Å². The van der Waals surface area contributed by atoms with Gasteiger partial charge < -0.3 is 4.74 Å². The maximum Gasteiger partial charge on any atom is 0.187 e. The predicted octanol–water partition coefficient (Wildman–Crippen LogP) is 3.42. The fourth-order valence-corrected chi connectivity index (χ4v) is 1.94. The Labute approximate surface area is 100 Å². The van der Waals surface area contributed by atoms with Crippen LogP contribution >= 0.6 is 0 Å². The van der Waals surface area contributed by atoms with Crippen molar-refractivity contribution >= 4 is 0 Å². The Morgan fingerprint density at radius 2 is 1.65 bits per heavy atom. The molecule has 1 aliphatic rings. The van der Waals surface area contributed by atoms with Gasteiger partial charge in [0.1, 0.15) is 0 Å². The minimum Gasteiger partial charge on any atom is -0.448 e. The molecule has 1 heterocycles. The average molecular weight is 216 g/mol. The van der Waals surface area contributed by atoms with Crippen LogP contribution in [0.3, 0.4) is 0 Å². The number of terminal acetylenes is 2. The van der Waals surface area contributed by atoms with Crippen molar-refractivity contribution in [3.8, 4) is 47.3 Å². The molecule has 2 aromatic rings. The fraction of sp³-hybridized carbons (Fsp3) is 0. The van der Waals surface area contributed by atoms with Crippen molar-refractivity contribution in [2.45, 2.75) is 0 Å². The summed E-state index contributed by atoms with van der Waals surface area (Å²) in [5, 5.41) is 0.